The number of nitrogens with two attached hydrogens (primary N) is 1. The highest BCUT2D eigenvalue weighted by atomic mass is 14.7. The minimum Gasteiger partial charge on any atom is -0.324 e. The van der Waals surface area contributed by atoms with Crippen LogP contribution in [0.4, 0.5) is 0 Å². The van der Waals surface area contributed by atoms with Crippen LogP contribution in [-0.2, 0) is 0 Å². The zero-order valence-electron chi connectivity index (χ0n) is 9.69. The van der Waals surface area contributed by atoms with Crippen LogP contribution in [0.3, 0.4) is 0 Å². The van der Waals surface area contributed by atoms with E-state index >= 15 is 0 Å². The van der Waals surface area contributed by atoms with Crippen molar-refractivity contribution in [1.82, 2.24) is 4.98 Å². The third-order valence-electron chi connectivity index (χ3n) is 2.91. The Morgan fingerprint density at radius 3 is 2.94 bits per heavy atom. The Morgan fingerprint density at radius 2 is 2.12 bits per heavy atom. The molecule has 0 bridgehead atoms. The fourth-order valence-corrected chi connectivity index (χ4v) is 1.88. The summed E-state index contributed by atoms with van der Waals surface area (Å²) in [5, 5.41) is 1.17. The van der Waals surface area contributed by atoms with Gasteiger partial charge >= 0.3 is 0 Å². The first-order valence-corrected chi connectivity index (χ1v) is 5.91. The maximum atomic E-state index is 6.13. The standard InChI is InChI=1S/C14H18N2/c1-2-3-7-13(15)12-9-11-6-4-5-8-14(11)16-10-12/h4-6,8-10,13H,2-3,7,15H2,1H3. The lowest BCUT2D eigenvalue weighted by atomic mass is 10.0. The van der Waals surface area contributed by atoms with Crippen molar-refractivity contribution in [3.8, 4) is 0 Å². The molecule has 1 heterocycles. The molecule has 0 aliphatic carbocycles. The van der Waals surface area contributed by atoms with Gasteiger partial charge in [0.2, 0.25) is 0 Å². The van der Waals surface area contributed by atoms with Crippen LogP contribution >= 0.6 is 0 Å². The van der Waals surface area contributed by atoms with Gasteiger partial charge in [-0.3, -0.25) is 4.98 Å². The van der Waals surface area contributed by atoms with Gasteiger partial charge in [-0.1, -0.05) is 38.0 Å². The molecule has 0 saturated carbocycles. The van der Waals surface area contributed by atoms with Gasteiger partial charge in [-0.25, -0.2) is 0 Å². The van der Waals surface area contributed by atoms with E-state index in [0.717, 1.165) is 17.5 Å². The number of unbranched alkanes of at least 4 members (excludes halogenated alkanes) is 1. The summed E-state index contributed by atoms with van der Waals surface area (Å²) in [6.07, 6.45) is 5.31. The van der Waals surface area contributed by atoms with Gasteiger partial charge in [0.25, 0.3) is 0 Å². The third kappa shape index (κ3) is 2.39. The van der Waals surface area contributed by atoms with Crippen molar-refractivity contribution >= 4 is 10.9 Å². The van der Waals surface area contributed by atoms with Gasteiger partial charge in [-0.05, 0) is 24.1 Å². The quantitative estimate of drug-likeness (QED) is 0.846. The number of pyridine rings is 1. The molecule has 1 atom stereocenters. The summed E-state index contributed by atoms with van der Waals surface area (Å²) < 4.78 is 0. The zero-order chi connectivity index (χ0) is 11.4. The topological polar surface area (TPSA) is 38.9 Å². The molecule has 2 nitrogen and oxygen atoms in total. The molecule has 1 unspecified atom stereocenters. The molecular formula is C14H18N2. The Hall–Kier alpha value is -1.41. The molecule has 0 spiro atoms. The van der Waals surface area contributed by atoms with Gasteiger partial charge in [-0.15, -0.1) is 0 Å². The molecule has 1 aromatic heterocycles. The highest BCUT2D eigenvalue weighted by Gasteiger charge is 2.06. The zero-order valence-corrected chi connectivity index (χ0v) is 9.69. The molecule has 2 rings (SSSR count). The molecule has 1 aromatic carbocycles. The third-order valence-corrected chi connectivity index (χ3v) is 2.91. The Bertz CT molecular complexity index is 465. The van der Waals surface area contributed by atoms with Crippen LogP contribution in [0, 0.1) is 0 Å². The van der Waals surface area contributed by atoms with Crippen LogP contribution in [0.5, 0.6) is 0 Å². The van der Waals surface area contributed by atoms with Crippen molar-refractivity contribution in [2.45, 2.75) is 32.2 Å². The predicted octanol–water partition coefficient (Wildman–Crippen LogP) is 3.42. The second-order valence-electron chi connectivity index (χ2n) is 4.21. The van der Waals surface area contributed by atoms with E-state index in [1.54, 1.807) is 0 Å². The predicted molar refractivity (Wildman–Crippen MR) is 68.2 cm³/mol. The molecule has 2 heteroatoms. The first-order chi connectivity index (χ1) is 7.81. The molecule has 0 saturated heterocycles. The van der Waals surface area contributed by atoms with E-state index in [2.05, 4.69) is 24.0 Å². The molecule has 0 aliphatic rings. The lowest BCUT2D eigenvalue weighted by Gasteiger charge is -2.11. The summed E-state index contributed by atoms with van der Waals surface area (Å²) in [6, 6.07) is 10.4. The normalized spacial score (nSPS) is 12.9. The second-order valence-corrected chi connectivity index (χ2v) is 4.21. The molecule has 2 N–H and O–H groups in total. The maximum Gasteiger partial charge on any atom is 0.0702 e. The Balaban J connectivity index is 2.25. The van der Waals surface area contributed by atoms with Crippen molar-refractivity contribution in [2.75, 3.05) is 0 Å². The van der Waals surface area contributed by atoms with Gasteiger partial charge in [0.1, 0.15) is 0 Å². The van der Waals surface area contributed by atoms with Crippen LogP contribution in [0.25, 0.3) is 10.9 Å². The van der Waals surface area contributed by atoms with Crippen molar-refractivity contribution in [1.29, 1.82) is 0 Å². The Labute approximate surface area is 96.5 Å². The Morgan fingerprint density at radius 1 is 1.31 bits per heavy atom. The monoisotopic (exact) mass is 214 g/mol. The summed E-state index contributed by atoms with van der Waals surface area (Å²) in [5.41, 5.74) is 8.31. The molecular weight excluding hydrogens is 196 g/mol. The fourth-order valence-electron chi connectivity index (χ4n) is 1.88. The van der Waals surface area contributed by atoms with E-state index in [1.807, 2.05) is 24.4 Å². The molecule has 0 aliphatic heterocycles. The van der Waals surface area contributed by atoms with E-state index in [0.29, 0.717) is 0 Å². The fraction of sp³-hybridized carbons (Fsp3) is 0.357. The average Bonchev–Trinajstić information content (AvgIpc) is 2.35. The van der Waals surface area contributed by atoms with Crippen molar-refractivity contribution in [3.63, 3.8) is 0 Å². The minimum absolute atomic E-state index is 0.122. The summed E-state index contributed by atoms with van der Waals surface area (Å²) in [5.74, 6) is 0. The van der Waals surface area contributed by atoms with Gasteiger partial charge in [0, 0.05) is 17.6 Å². The summed E-state index contributed by atoms with van der Waals surface area (Å²) >= 11 is 0. The van der Waals surface area contributed by atoms with Gasteiger partial charge in [0.15, 0.2) is 0 Å². The summed E-state index contributed by atoms with van der Waals surface area (Å²) in [6.45, 7) is 2.19. The van der Waals surface area contributed by atoms with Crippen LogP contribution in [0.1, 0.15) is 37.8 Å². The number of benzene rings is 1. The number of para-hydroxylation sites is 1. The average molecular weight is 214 g/mol. The van der Waals surface area contributed by atoms with Crippen LogP contribution < -0.4 is 5.73 Å². The van der Waals surface area contributed by atoms with Gasteiger partial charge in [-0.2, -0.15) is 0 Å². The SMILES string of the molecule is CCCCC(N)c1cnc2ccccc2c1. The van der Waals surface area contributed by atoms with E-state index in [4.69, 9.17) is 5.73 Å². The number of hydrogen-bond acceptors (Lipinski definition) is 2. The number of fused-ring (bicyclic) bond motifs is 1. The maximum absolute atomic E-state index is 6.13. The first kappa shape index (κ1) is 11.1. The lowest BCUT2D eigenvalue weighted by Crippen LogP contribution is -2.10. The van der Waals surface area contributed by atoms with Crippen molar-refractivity contribution in [2.24, 2.45) is 5.73 Å². The summed E-state index contributed by atoms with van der Waals surface area (Å²) in [7, 11) is 0. The molecule has 0 amide bonds. The highest BCUT2D eigenvalue weighted by Crippen LogP contribution is 2.20. The minimum atomic E-state index is 0.122. The largest absolute Gasteiger partial charge is 0.324 e. The smallest absolute Gasteiger partial charge is 0.0702 e. The second kappa shape index (κ2) is 5.08. The molecule has 16 heavy (non-hydrogen) atoms. The van der Waals surface area contributed by atoms with E-state index < -0.39 is 0 Å². The van der Waals surface area contributed by atoms with E-state index in [1.165, 1.54) is 18.2 Å². The van der Waals surface area contributed by atoms with E-state index in [9.17, 15) is 0 Å². The van der Waals surface area contributed by atoms with Crippen molar-refractivity contribution in [3.05, 3.63) is 42.1 Å². The molecule has 84 valence electrons. The lowest BCUT2D eigenvalue weighted by molar-refractivity contribution is 0.602. The van der Waals surface area contributed by atoms with Gasteiger partial charge in [0.05, 0.1) is 5.52 Å². The molecule has 0 fully saturated rings. The summed E-state index contributed by atoms with van der Waals surface area (Å²) in [4.78, 5) is 4.43. The highest BCUT2D eigenvalue weighted by molar-refractivity contribution is 5.78. The number of nitrogens with zero attached hydrogens (tertiary/aromatic N) is 1. The molecule has 0 radical (unpaired) electrons. The van der Waals surface area contributed by atoms with Crippen LogP contribution in [0.2, 0.25) is 0 Å². The number of rotatable bonds is 4. The molecule has 2 aromatic rings. The first-order valence-electron chi connectivity index (χ1n) is 5.91. The Kier molecular flexibility index (Phi) is 3.52. The number of hydrogen-bond donors (Lipinski definition) is 1. The van der Waals surface area contributed by atoms with Crippen molar-refractivity contribution < 1.29 is 0 Å². The van der Waals surface area contributed by atoms with Crippen LogP contribution in [0.15, 0.2) is 36.5 Å². The van der Waals surface area contributed by atoms with E-state index in [-0.39, 0.29) is 6.04 Å². The van der Waals surface area contributed by atoms with Gasteiger partial charge < -0.3 is 5.73 Å². The number of aromatic nitrogens is 1. The van der Waals surface area contributed by atoms with Crippen LogP contribution in [-0.4, -0.2) is 4.98 Å².